The Kier molecular flexibility index (Phi) is 3.03. The van der Waals surface area contributed by atoms with Crippen LogP contribution in [0.2, 0.25) is 0 Å². The van der Waals surface area contributed by atoms with Crippen molar-refractivity contribution in [2.24, 2.45) is 0 Å². The summed E-state index contributed by atoms with van der Waals surface area (Å²) >= 11 is 7.06. The third-order valence-electron chi connectivity index (χ3n) is 3.29. The van der Waals surface area contributed by atoms with E-state index in [1.165, 1.54) is 21.4 Å². The average Bonchev–Trinajstić information content (AvgIpc) is 2.84. The molecule has 98 valence electrons. The van der Waals surface area contributed by atoms with Crippen LogP contribution in [0.4, 0.5) is 4.39 Å². The predicted molar refractivity (Wildman–Crippen MR) is 80.0 cm³/mol. The van der Waals surface area contributed by atoms with Gasteiger partial charge in [0.05, 0.1) is 12.1 Å². The first-order chi connectivity index (χ1) is 9.06. The van der Waals surface area contributed by atoms with E-state index in [2.05, 4.69) is 24.9 Å². The number of nitrogens with zero attached hydrogens (tertiary/aromatic N) is 1. The van der Waals surface area contributed by atoms with Crippen molar-refractivity contribution in [1.82, 2.24) is 9.55 Å². The lowest BCUT2D eigenvalue weighted by molar-refractivity contribution is 0.637. The number of para-hydroxylation sites is 1. The Balaban J connectivity index is 2.13. The van der Waals surface area contributed by atoms with Gasteiger partial charge in [0.15, 0.2) is 4.77 Å². The number of imidazole rings is 1. The SMILES string of the molecule is Cc1cc(Cn2c(=S)[nH]c3c(F)cccc32)sc1C. The number of halogens is 1. The topological polar surface area (TPSA) is 20.7 Å². The monoisotopic (exact) mass is 292 g/mol. The van der Waals surface area contributed by atoms with Crippen molar-refractivity contribution in [3.05, 3.63) is 50.2 Å². The summed E-state index contributed by atoms with van der Waals surface area (Å²) in [6.45, 7) is 4.89. The van der Waals surface area contributed by atoms with Gasteiger partial charge in [-0.3, -0.25) is 0 Å². The van der Waals surface area contributed by atoms with Gasteiger partial charge < -0.3 is 9.55 Å². The van der Waals surface area contributed by atoms with Crippen LogP contribution in [0.1, 0.15) is 15.3 Å². The van der Waals surface area contributed by atoms with E-state index in [-0.39, 0.29) is 5.82 Å². The van der Waals surface area contributed by atoms with Gasteiger partial charge in [-0.05, 0) is 49.8 Å². The van der Waals surface area contributed by atoms with Gasteiger partial charge in [0.2, 0.25) is 0 Å². The number of fused-ring (bicyclic) bond motifs is 1. The Labute approximate surface area is 119 Å². The van der Waals surface area contributed by atoms with Crippen molar-refractivity contribution in [2.75, 3.05) is 0 Å². The number of hydrogen-bond donors (Lipinski definition) is 1. The van der Waals surface area contributed by atoms with Crippen molar-refractivity contribution in [3.8, 4) is 0 Å². The average molecular weight is 292 g/mol. The minimum absolute atomic E-state index is 0.263. The number of benzene rings is 1. The van der Waals surface area contributed by atoms with Crippen LogP contribution in [0.25, 0.3) is 11.0 Å². The maximum atomic E-state index is 13.7. The fraction of sp³-hybridized carbons (Fsp3) is 0.214. The molecular formula is C14H13FN2S2. The van der Waals surface area contributed by atoms with Crippen LogP contribution >= 0.6 is 23.6 Å². The molecule has 0 radical (unpaired) electrons. The number of aromatic nitrogens is 2. The number of rotatable bonds is 2. The maximum Gasteiger partial charge on any atom is 0.178 e. The van der Waals surface area contributed by atoms with Gasteiger partial charge in [-0.1, -0.05) is 6.07 Å². The molecule has 3 rings (SSSR count). The molecule has 0 saturated heterocycles. The molecule has 0 aliphatic rings. The molecule has 2 aromatic heterocycles. The quantitative estimate of drug-likeness (QED) is 0.686. The molecule has 1 aromatic carbocycles. The van der Waals surface area contributed by atoms with Crippen molar-refractivity contribution >= 4 is 34.6 Å². The van der Waals surface area contributed by atoms with E-state index in [0.29, 0.717) is 16.8 Å². The van der Waals surface area contributed by atoms with E-state index >= 15 is 0 Å². The van der Waals surface area contributed by atoms with Crippen LogP contribution in [0, 0.1) is 24.4 Å². The molecule has 0 amide bonds. The number of H-pyrrole nitrogens is 1. The molecule has 0 aliphatic heterocycles. The maximum absolute atomic E-state index is 13.7. The first kappa shape index (κ1) is 12.6. The van der Waals surface area contributed by atoms with E-state index in [1.807, 2.05) is 10.6 Å². The molecule has 5 heteroatoms. The smallest absolute Gasteiger partial charge is 0.178 e. The Morgan fingerprint density at radius 3 is 2.84 bits per heavy atom. The molecule has 3 aromatic rings. The minimum Gasteiger partial charge on any atom is -0.328 e. The highest BCUT2D eigenvalue weighted by Crippen LogP contribution is 2.24. The van der Waals surface area contributed by atoms with E-state index in [0.717, 1.165) is 5.52 Å². The second kappa shape index (κ2) is 4.58. The number of hydrogen-bond acceptors (Lipinski definition) is 2. The minimum atomic E-state index is -0.263. The number of aromatic amines is 1. The van der Waals surface area contributed by atoms with Crippen LogP contribution in [0.5, 0.6) is 0 Å². The fourth-order valence-electron chi connectivity index (χ4n) is 2.19. The van der Waals surface area contributed by atoms with Gasteiger partial charge in [0.25, 0.3) is 0 Å². The molecule has 0 fully saturated rings. The Morgan fingerprint density at radius 1 is 1.37 bits per heavy atom. The van der Waals surface area contributed by atoms with Crippen LogP contribution in [-0.4, -0.2) is 9.55 Å². The van der Waals surface area contributed by atoms with Gasteiger partial charge in [-0.15, -0.1) is 11.3 Å². The molecule has 0 atom stereocenters. The van der Waals surface area contributed by atoms with E-state index in [1.54, 1.807) is 17.4 Å². The molecule has 0 unspecified atom stereocenters. The normalized spacial score (nSPS) is 11.3. The highest BCUT2D eigenvalue weighted by Gasteiger charge is 2.10. The Bertz CT molecular complexity index is 791. The van der Waals surface area contributed by atoms with Crippen molar-refractivity contribution in [3.63, 3.8) is 0 Å². The van der Waals surface area contributed by atoms with Crippen LogP contribution in [0.15, 0.2) is 24.3 Å². The standard InChI is InChI=1S/C14H13FN2S2/c1-8-6-10(19-9(8)2)7-17-12-5-3-4-11(15)13(12)16-14(17)18/h3-6H,7H2,1-2H3,(H,16,18). The lowest BCUT2D eigenvalue weighted by Gasteiger charge is -2.02. The van der Waals surface area contributed by atoms with Crippen molar-refractivity contribution in [1.29, 1.82) is 0 Å². The second-order valence-electron chi connectivity index (χ2n) is 4.60. The van der Waals surface area contributed by atoms with Crippen molar-refractivity contribution in [2.45, 2.75) is 20.4 Å². The van der Waals surface area contributed by atoms with Crippen LogP contribution in [0.3, 0.4) is 0 Å². The van der Waals surface area contributed by atoms with Crippen LogP contribution in [-0.2, 0) is 6.54 Å². The van der Waals surface area contributed by atoms with Gasteiger partial charge in [0, 0.05) is 9.75 Å². The summed E-state index contributed by atoms with van der Waals surface area (Å²) in [7, 11) is 0. The zero-order chi connectivity index (χ0) is 13.6. The lowest BCUT2D eigenvalue weighted by Crippen LogP contribution is -1.97. The lowest BCUT2D eigenvalue weighted by atomic mass is 10.3. The zero-order valence-corrected chi connectivity index (χ0v) is 12.3. The summed E-state index contributed by atoms with van der Waals surface area (Å²) in [5.74, 6) is -0.263. The zero-order valence-electron chi connectivity index (χ0n) is 10.7. The van der Waals surface area contributed by atoms with Gasteiger partial charge in [-0.2, -0.15) is 0 Å². The molecule has 0 spiro atoms. The largest absolute Gasteiger partial charge is 0.328 e. The number of thiophene rings is 1. The van der Waals surface area contributed by atoms with E-state index in [9.17, 15) is 4.39 Å². The molecular weight excluding hydrogens is 279 g/mol. The molecule has 2 nitrogen and oxygen atoms in total. The van der Waals surface area contributed by atoms with Gasteiger partial charge in [0.1, 0.15) is 11.3 Å². The van der Waals surface area contributed by atoms with Crippen molar-refractivity contribution < 1.29 is 4.39 Å². The summed E-state index contributed by atoms with van der Waals surface area (Å²) < 4.78 is 16.2. The molecule has 1 N–H and O–H groups in total. The van der Waals surface area contributed by atoms with Crippen LogP contribution < -0.4 is 0 Å². The first-order valence-electron chi connectivity index (χ1n) is 5.99. The van der Waals surface area contributed by atoms with Gasteiger partial charge in [-0.25, -0.2) is 4.39 Å². The highest BCUT2D eigenvalue weighted by molar-refractivity contribution is 7.71. The molecule has 0 bridgehead atoms. The number of aryl methyl sites for hydroxylation is 2. The Morgan fingerprint density at radius 2 is 2.16 bits per heavy atom. The Hall–Kier alpha value is -1.46. The summed E-state index contributed by atoms with van der Waals surface area (Å²) in [5, 5.41) is 0. The first-order valence-corrected chi connectivity index (χ1v) is 7.21. The summed E-state index contributed by atoms with van der Waals surface area (Å²) in [5.41, 5.74) is 2.59. The molecule has 19 heavy (non-hydrogen) atoms. The molecule has 0 saturated carbocycles. The fourth-order valence-corrected chi connectivity index (χ4v) is 3.49. The third-order valence-corrected chi connectivity index (χ3v) is 4.75. The molecule has 0 aliphatic carbocycles. The summed E-state index contributed by atoms with van der Waals surface area (Å²) in [4.78, 5) is 5.49. The van der Waals surface area contributed by atoms with Gasteiger partial charge >= 0.3 is 0 Å². The molecule has 2 heterocycles. The van der Waals surface area contributed by atoms with E-state index in [4.69, 9.17) is 12.2 Å². The third kappa shape index (κ3) is 2.13. The summed E-state index contributed by atoms with van der Waals surface area (Å²) in [6.07, 6.45) is 0. The number of nitrogens with one attached hydrogen (secondary N) is 1. The summed E-state index contributed by atoms with van der Waals surface area (Å²) in [6, 6.07) is 7.21. The highest BCUT2D eigenvalue weighted by atomic mass is 32.1. The predicted octanol–water partition coefficient (Wildman–Crippen LogP) is 4.56. The van der Waals surface area contributed by atoms with E-state index < -0.39 is 0 Å². The second-order valence-corrected chi connectivity index (χ2v) is 6.33.